The summed E-state index contributed by atoms with van der Waals surface area (Å²) in [7, 11) is 3.39. The largest absolute Gasteiger partial charge is 0.379 e. The van der Waals surface area contributed by atoms with Gasteiger partial charge in [0, 0.05) is 46.1 Å². The number of hydrogen-bond donors (Lipinski definition) is 3. The van der Waals surface area contributed by atoms with E-state index in [-0.39, 0.29) is 29.7 Å². The van der Waals surface area contributed by atoms with Crippen molar-refractivity contribution in [1.29, 1.82) is 0 Å². The molecule has 1 amide bonds. The second kappa shape index (κ2) is 10.2. The zero-order valence-corrected chi connectivity index (χ0v) is 20.4. The quantitative estimate of drug-likeness (QED) is 0.409. The van der Waals surface area contributed by atoms with E-state index in [0.29, 0.717) is 41.6 Å². The summed E-state index contributed by atoms with van der Waals surface area (Å²) in [5, 5.41) is 13.5. The van der Waals surface area contributed by atoms with Gasteiger partial charge in [-0.25, -0.2) is 9.37 Å². The Morgan fingerprint density at radius 1 is 1.31 bits per heavy atom. The van der Waals surface area contributed by atoms with Gasteiger partial charge in [-0.2, -0.15) is 9.61 Å². The second-order valence-corrected chi connectivity index (χ2v) is 9.19. The van der Waals surface area contributed by atoms with Gasteiger partial charge in [-0.05, 0) is 31.4 Å². The predicted octanol–water partition coefficient (Wildman–Crippen LogP) is 1.80. The summed E-state index contributed by atoms with van der Waals surface area (Å²) in [6.07, 6.45) is 5.82. The summed E-state index contributed by atoms with van der Waals surface area (Å²) in [5.41, 5.74) is 0.882. The number of carbonyl (C=O) groups is 1. The maximum absolute atomic E-state index is 13.3. The molecular formula is C24H31FN8O3. The molecule has 5 rings (SSSR count). The molecule has 0 spiro atoms. The molecule has 1 aliphatic heterocycles. The first kappa shape index (κ1) is 24.2. The third-order valence-electron chi connectivity index (χ3n) is 7.08. The number of ether oxygens (including phenoxy) is 1. The van der Waals surface area contributed by atoms with Crippen LogP contribution in [0.2, 0.25) is 0 Å². The maximum atomic E-state index is 13.3. The third kappa shape index (κ3) is 4.53. The van der Waals surface area contributed by atoms with Crippen molar-refractivity contribution >= 4 is 28.9 Å². The van der Waals surface area contributed by atoms with Gasteiger partial charge in [0.25, 0.3) is 11.5 Å². The van der Waals surface area contributed by atoms with Crippen LogP contribution in [0.25, 0.3) is 5.65 Å². The highest BCUT2D eigenvalue weighted by molar-refractivity contribution is 6.00. The minimum absolute atomic E-state index is 0.0121. The third-order valence-corrected chi connectivity index (χ3v) is 7.08. The first-order valence-electron chi connectivity index (χ1n) is 12.2. The lowest BCUT2D eigenvalue weighted by atomic mass is 9.89. The fraction of sp³-hybridized carbons (Fsp3) is 0.500. The Balaban J connectivity index is 1.41. The zero-order valence-electron chi connectivity index (χ0n) is 20.4. The van der Waals surface area contributed by atoms with Crippen molar-refractivity contribution in [3.8, 4) is 0 Å². The summed E-state index contributed by atoms with van der Waals surface area (Å²) in [5.74, 6) is 0.735. The van der Waals surface area contributed by atoms with Crippen molar-refractivity contribution in [2.24, 2.45) is 0 Å². The molecule has 1 saturated carbocycles. The molecule has 0 radical (unpaired) electrons. The van der Waals surface area contributed by atoms with Crippen LogP contribution in [0.1, 0.15) is 35.7 Å². The van der Waals surface area contributed by atoms with Crippen molar-refractivity contribution in [1.82, 2.24) is 29.4 Å². The summed E-state index contributed by atoms with van der Waals surface area (Å²) < 4.78 is 21.4. The normalized spacial score (nSPS) is 21.9. The summed E-state index contributed by atoms with van der Waals surface area (Å²) in [6, 6.07) is 5.18. The van der Waals surface area contributed by atoms with E-state index in [0.717, 1.165) is 25.8 Å². The predicted molar refractivity (Wildman–Crippen MR) is 134 cm³/mol. The molecule has 192 valence electrons. The number of carbonyl (C=O) groups excluding carboxylic acids is 1. The van der Waals surface area contributed by atoms with Gasteiger partial charge in [0.05, 0.1) is 24.4 Å². The lowest BCUT2D eigenvalue weighted by Crippen LogP contribution is -2.51. The lowest BCUT2D eigenvalue weighted by Gasteiger charge is -2.35. The van der Waals surface area contributed by atoms with Crippen LogP contribution in [0.4, 0.5) is 21.7 Å². The van der Waals surface area contributed by atoms with Crippen LogP contribution in [0.3, 0.4) is 0 Å². The molecule has 11 nitrogen and oxygen atoms in total. The number of halogens is 1. The molecule has 1 aliphatic carbocycles. The molecule has 1 saturated heterocycles. The van der Waals surface area contributed by atoms with Gasteiger partial charge in [0.15, 0.2) is 5.65 Å². The number of aromatic nitrogens is 4. The number of amides is 1. The van der Waals surface area contributed by atoms with E-state index >= 15 is 0 Å². The molecule has 0 bridgehead atoms. The van der Waals surface area contributed by atoms with Gasteiger partial charge in [-0.3, -0.25) is 14.5 Å². The van der Waals surface area contributed by atoms with Gasteiger partial charge in [0.1, 0.15) is 29.6 Å². The summed E-state index contributed by atoms with van der Waals surface area (Å²) in [4.78, 5) is 32.9. The van der Waals surface area contributed by atoms with Crippen molar-refractivity contribution in [2.45, 2.75) is 37.5 Å². The smallest absolute Gasteiger partial charge is 0.274 e. The highest BCUT2D eigenvalue weighted by atomic mass is 19.1. The van der Waals surface area contributed by atoms with Crippen molar-refractivity contribution in [3.05, 3.63) is 46.5 Å². The van der Waals surface area contributed by atoms with Crippen LogP contribution in [0.5, 0.6) is 0 Å². The SMILES string of the molecule is CNc1cc(Nc2cccn([C@H]3CCN(CCF)C3)c2=O)nc2c(C(=O)NC3CC[C@@H]3OC)cnn12. The number of fused-ring (bicyclic) bond motifs is 1. The van der Waals surface area contributed by atoms with Crippen LogP contribution in [-0.4, -0.2) is 82.6 Å². The Labute approximate surface area is 207 Å². The first-order chi connectivity index (χ1) is 17.5. The van der Waals surface area contributed by atoms with Crippen LogP contribution < -0.4 is 21.5 Å². The molecule has 2 aliphatic rings. The Morgan fingerprint density at radius 3 is 2.89 bits per heavy atom. The number of hydrogen-bond acceptors (Lipinski definition) is 8. The van der Waals surface area contributed by atoms with Gasteiger partial charge in [0.2, 0.25) is 0 Å². The van der Waals surface area contributed by atoms with E-state index in [2.05, 4.69) is 26.0 Å². The fourth-order valence-electron chi connectivity index (χ4n) is 4.92. The van der Waals surface area contributed by atoms with Gasteiger partial charge in [-0.1, -0.05) is 0 Å². The van der Waals surface area contributed by atoms with Gasteiger partial charge < -0.3 is 25.3 Å². The standard InChI is InChI=1S/C24H31FN8O3/c1-26-21-12-20(28-18-4-3-9-32(24(18)35)15-7-10-31(14-15)11-8-25)30-22-16(13-27-33(21)22)23(34)29-17-5-6-19(17)36-2/h3-4,9,12-13,15,17,19,26H,5-8,10-11,14H2,1-2H3,(H,28,30)(H,29,34)/t15-,17?,19-/m0/s1. The van der Waals surface area contributed by atoms with Crippen LogP contribution in [0.15, 0.2) is 35.4 Å². The number of alkyl halides is 1. The number of pyridine rings is 1. The zero-order chi connectivity index (χ0) is 25.2. The van der Waals surface area contributed by atoms with E-state index in [1.807, 2.05) is 11.0 Å². The molecule has 4 heterocycles. The number of likely N-dealkylation sites (tertiary alicyclic amines) is 1. The van der Waals surface area contributed by atoms with E-state index in [9.17, 15) is 14.0 Å². The summed E-state index contributed by atoms with van der Waals surface area (Å²) in [6.45, 7) is 1.39. The molecule has 3 atom stereocenters. The van der Waals surface area contributed by atoms with E-state index in [4.69, 9.17) is 4.74 Å². The monoisotopic (exact) mass is 498 g/mol. The van der Waals surface area contributed by atoms with Crippen molar-refractivity contribution < 1.29 is 13.9 Å². The van der Waals surface area contributed by atoms with Gasteiger partial charge >= 0.3 is 0 Å². The van der Waals surface area contributed by atoms with Crippen LogP contribution >= 0.6 is 0 Å². The lowest BCUT2D eigenvalue weighted by molar-refractivity contribution is 0.00732. The van der Waals surface area contributed by atoms with E-state index in [1.165, 1.54) is 6.20 Å². The average molecular weight is 499 g/mol. The molecule has 0 aromatic carbocycles. The van der Waals surface area contributed by atoms with Gasteiger partial charge in [-0.15, -0.1) is 0 Å². The molecule has 12 heteroatoms. The maximum Gasteiger partial charge on any atom is 0.274 e. The summed E-state index contributed by atoms with van der Waals surface area (Å²) >= 11 is 0. The second-order valence-electron chi connectivity index (χ2n) is 9.19. The van der Waals surface area contributed by atoms with E-state index in [1.54, 1.807) is 41.6 Å². The van der Waals surface area contributed by atoms with Crippen LogP contribution in [0, 0.1) is 0 Å². The highest BCUT2D eigenvalue weighted by Gasteiger charge is 2.33. The molecule has 3 aromatic heterocycles. The number of anilines is 3. The first-order valence-corrected chi connectivity index (χ1v) is 12.2. The van der Waals surface area contributed by atoms with Crippen LogP contribution in [-0.2, 0) is 4.74 Å². The van der Waals surface area contributed by atoms with Crippen molar-refractivity contribution in [2.75, 3.05) is 51.1 Å². The molecular weight excluding hydrogens is 467 g/mol. The molecule has 3 aromatic rings. The molecule has 36 heavy (non-hydrogen) atoms. The minimum atomic E-state index is -0.395. The number of nitrogens with zero attached hydrogens (tertiary/aromatic N) is 5. The number of methoxy groups -OCH3 is 1. The Kier molecular flexibility index (Phi) is 6.88. The average Bonchev–Trinajstić information content (AvgIpc) is 3.50. The number of nitrogens with one attached hydrogen (secondary N) is 3. The number of rotatable bonds is 9. The Bertz CT molecular complexity index is 1310. The van der Waals surface area contributed by atoms with E-state index < -0.39 is 6.67 Å². The molecule has 3 N–H and O–H groups in total. The fourth-order valence-corrected chi connectivity index (χ4v) is 4.92. The van der Waals surface area contributed by atoms with Crippen molar-refractivity contribution in [3.63, 3.8) is 0 Å². The Morgan fingerprint density at radius 2 is 2.17 bits per heavy atom. The molecule has 1 unspecified atom stereocenters. The Hall–Kier alpha value is -3.51. The molecule has 2 fully saturated rings. The topological polar surface area (TPSA) is 118 Å². The highest BCUT2D eigenvalue weighted by Crippen LogP contribution is 2.25. The minimum Gasteiger partial charge on any atom is -0.379 e.